The third-order valence-corrected chi connectivity index (χ3v) is 4.12. The van der Waals surface area contributed by atoms with Crippen LogP contribution in [0.2, 0.25) is 0 Å². The molecule has 2 heteroatoms. The Morgan fingerprint density at radius 2 is 1.89 bits per heavy atom. The van der Waals surface area contributed by atoms with Crippen LogP contribution in [0.4, 0.5) is 0 Å². The summed E-state index contributed by atoms with van der Waals surface area (Å²) < 4.78 is 0. The summed E-state index contributed by atoms with van der Waals surface area (Å²) in [6.45, 7) is 5.51. The molecule has 1 N–H and O–H groups in total. The van der Waals surface area contributed by atoms with E-state index in [1.807, 2.05) is 11.8 Å². The number of nitrogens with one attached hydrogen (secondary N) is 1. The van der Waals surface area contributed by atoms with Crippen LogP contribution in [-0.4, -0.2) is 12.8 Å². The molecule has 102 valence electrons. The second kappa shape index (κ2) is 9.46. The molecule has 0 spiro atoms. The lowest BCUT2D eigenvalue weighted by molar-refractivity contribution is 0.476. The molecule has 0 aliphatic carbocycles. The van der Waals surface area contributed by atoms with Crippen LogP contribution in [0.5, 0.6) is 0 Å². The van der Waals surface area contributed by atoms with Crippen LogP contribution in [0.1, 0.15) is 57.6 Å². The van der Waals surface area contributed by atoms with Gasteiger partial charge in [0.2, 0.25) is 0 Å². The topological polar surface area (TPSA) is 12.0 Å². The molecule has 0 saturated heterocycles. The van der Waals surface area contributed by atoms with E-state index < -0.39 is 0 Å². The molecular weight excluding hydrogens is 238 g/mol. The van der Waals surface area contributed by atoms with E-state index in [-0.39, 0.29) is 0 Å². The number of benzene rings is 1. The average Bonchev–Trinajstić information content (AvgIpc) is 2.42. The normalized spacial score (nSPS) is 12.6. The van der Waals surface area contributed by atoms with Gasteiger partial charge in [0.1, 0.15) is 0 Å². The van der Waals surface area contributed by atoms with Crippen molar-refractivity contribution < 1.29 is 0 Å². The van der Waals surface area contributed by atoms with E-state index in [0.29, 0.717) is 6.04 Å². The Bertz CT molecular complexity index is 325. The molecule has 0 aromatic heterocycles. The number of unbranched alkanes of at least 4 members (excludes halogenated alkanes) is 3. The van der Waals surface area contributed by atoms with Gasteiger partial charge in [-0.2, -0.15) is 0 Å². The van der Waals surface area contributed by atoms with E-state index >= 15 is 0 Å². The van der Waals surface area contributed by atoms with Gasteiger partial charge >= 0.3 is 0 Å². The lowest BCUT2D eigenvalue weighted by atomic mass is 10.00. The Kier molecular flexibility index (Phi) is 8.19. The molecule has 1 aromatic carbocycles. The highest BCUT2D eigenvalue weighted by atomic mass is 32.2. The first-order valence-corrected chi connectivity index (χ1v) is 8.42. The highest BCUT2D eigenvalue weighted by Crippen LogP contribution is 2.28. The van der Waals surface area contributed by atoms with Crippen LogP contribution >= 0.6 is 11.8 Å². The summed E-state index contributed by atoms with van der Waals surface area (Å²) in [5, 5.41) is 3.64. The number of hydrogen-bond acceptors (Lipinski definition) is 2. The summed E-state index contributed by atoms with van der Waals surface area (Å²) in [6.07, 6.45) is 8.79. The molecule has 0 amide bonds. The number of thioether (sulfide) groups is 1. The number of rotatable bonds is 9. The molecule has 0 saturated carbocycles. The predicted molar refractivity (Wildman–Crippen MR) is 83.4 cm³/mol. The third kappa shape index (κ3) is 5.03. The fourth-order valence-corrected chi connectivity index (χ4v) is 3.00. The minimum Gasteiger partial charge on any atom is -0.310 e. The van der Waals surface area contributed by atoms with Gasteiger partial charge in [0.05, 0.1) is 0 Å². The quantitative estimate of drug-likeness (QED) is 0.496. The van der Waals surface area contributed by atoms with Crippen LogP contribution in [0.3, 0.4) is 0 Å². The Morgan fingerprint density at radius 1 is 1.11 bits per heavy atom. The summed E-state index contributed by atoms with van der Waals surface area (Å²) in [5.41, 5.74) is 1.48. The Hall–Kier alpha value is -0.470. The molecule has 0 heterocycles. The van der Waals surface area contributed by atoms with E-state index in [4.69, 9.17) is 0 Å². The van der Waals surface area contributed by atoms with Gasteiger partial charge in [-0.1, -0.05) is 57.7 Å². The van der Waals surface area contributed by atoms with Crippen LogP contribution in [0.25, 0.3) is 0 Å². The van der Waals surface area contributed by atoms with Crippen LogP contribution in [-0.2, 0) is 0 Å². The lowest BCUT2D eigenvalue weighted by Gasteiger charge is -2.20. The number of hydrogen-bond donors (Lipinski definition) is 1. The maximum absolute atomic E-state index is 3.64. The SMILES string of the molecule is CCCCCCC(NCC)c1ccccc1SC. The zero-order valence-corrected chi connectivity index (χ0v) is 12.9. The molecular formula is C16H27NS. The maximum atomic E-state index is 3.64. The molecule has 1 unspecified atom stereocenters. The first-order chi connectivity index (χ1) is 8.83. The van der Waals surface area contributed by atoms with Gasteiger partial charge < -0.3 is 5.32 Å². The third-order valence-electron chi connectivity index (χ3n) is 3.31. The zero-order chi connectivity index (χ0) is 13.2. The van der Waals surface area contributed by atoms with Crippen LogP contribution in [0, 0.1) is 0 Å². The molecule has 0 aliphatic rings. The van der Waals surface area contributed by atoms with Crippen molar-refractivity contribution in [2.24, 2.45) is 0 Å². The van der Waals surface area contributed by atoms with E-state index in [0.717, 1.165) is 6.54 Å². The minimum absolute atomic E-state index is 0.524. The molecule has 1 rings (SSSR count). The predicted octanol–water partition coefficient (Wildman–Crippen LogP) is 5.03. The summed E-state index contributed by atoms with van der Waals surface area (Å²) in [7, 11) is 0. The van der Waals surface area contributed by atoms with E-state index in [2.05, 4.69) is 49.7 Å². The molecule has 0 radical (unpaired) electrons. The highest BCUT2D eigenvalue weighted by Gasteiger charge is 2.13. The van der Waals surface area contributed by atoms with Crippen molar-refractivity contribution in [2.45, 2.75) is 56.9 Å². The highest BCUT2D eigenvalue weighted by molar-refractivity contribution is 7.98. The first-order valence-electron chi connectivity index (χ1n) is 7.19. The average molecular weight is 265 g/mol. The van der Waals surface area contributed by atoms with Crippen molar-refractivity contribution in [3.63, 3.8) is 0 Å². The van der Waals surface area contributed by atoms with Gasteiger partial charge in [-0.05, 0) is 30.9 Å². The Balaban J connectivity index is 2.64. The molecule has 1 aromatic rings. The smallest absolute Gasteiger partial charge is 0.0331 e. The van der Waals surface area contributed by atoms with Crippen molar-refractivity contribution >= 4 is 11.8 Å². The minimum atomic E-state index is 0.524. The molecule has 0 fully saturated rings. The van der Waals surface area contributed by atoms with Crippen LogP contribution < -0.4 is 5.32 Å². The molecule has 1 nitrogen and oxygen atoms in total. The maximum Gasteiger partial charge on any atom is 0.0331 e. The fraction of sp³-hybridized carbons (Fsp3) is 0.625. The van der Waals surface area contributed by atoms with Crippen molar-refractivity contribution in [3.05, 3.63) is 29.8 Å². The van der Waals surface area contributed by atoms with Gasteiger partial charge in [-0.3, -0.25) is 0 Å². The van der Waals surface area contributed by atoms with E-state index in [9.17, 15) is 0 Å². The summed E-state index contributed by atoms with van der Waals surface area (Å²) in [6, 6.07) is 9.33. The lowest BCUT2D eigenvalue weighted by Crippen LogP contribution is -2.21. The van der Waals surface area contributed by atoms with Crippen molar-refractivity contribution in [1.29, 1.82) is 0 Å². The molecule has 1 atom stereocenters. The van der Waals surface area contributed by atoms with Crippen molar-refractivity contribution in [3.8, 4) is 0 Å². The fourth-order valence-electron chi connectivity index (χ4n) is 2.34. The van der Waals surface area contributed by atoms with E-state index in [1.54, 1.807) is 0 Å². The van der Waals surface area contributed by atoms with Gasteiger partial charge in [0, 0.05) is 10.9 Å². The standard InChI is InChI=1S/C16H27NS/c1-4-6-7-8-12-15(17-5-2)14-11-9-10-13-16(14)18-3/h9-11,13,15,17H,4-8,12H2,1-3H3. The van der Waals surface area contributed by atoms with Gasteiger partial charge in [-0.25, -0.2) is 0 Å². The van der Waals surface area contributed by atoms with Gasteiger partial charge in [0.15, 0.2) is 0 Å². The van der Waals surface area contributed by atoms with Crippen molar-refractivity contribution in [1.82, 2.24) is 5.32 Å². The summed E-state index contributed by atoms with van der Waals surface area (Å²) >= 11 is 1.85. The van der Waals surface area contributed by atoms with Crippen molar-refractivity contribution in [2.75, 3.05) is 12.8 Å². The summed E-state index contributed by atoms with van der Waals surface area (Å²) in [5.74, 6) is 0. The zero-order valence-electron chi connectivity index (χ0n) is 12.0. The largest absolute Gasteiger partial charge is 0.310 e. The molecule has 0 aliphatic heterocycles. The summed E-state index contributed by atoms with van der Waals surface area (Å²) in [4.78, 5) is 1.42. The van der Waals surface area contributed by atoms with E-state index in [1.165, 1.54) is 42.6 Å². The van der Waals surface area contributed by atoms with Gasteiger partial charge in [0.25, 0.3) is 0 Å². The Labute approximate surface area is 117 Å². The second-order valence-corrected chi connectivity index (χ2v) is 5.55. The Morgan fingerprint density at radius 3 is 2.56 bits per heavy atom. The molecule has 18 heavy (non-hydrogen) atoms. The monoisotopic (exact) mass is 265 g/mol. The first kappa shape index (κ1) is 15.6. The second-order valence-electron chi connectivity index (χ2n) is 4.70. The molecule has 0 bridgehead atoms. The van der Waals surface area contributed by atoms with Gasteiger partial charge in [-0.15, -0.1) is 11.8 Å². The van der Waals surface area contributed by atoms with Crippen LogP contribution in [0.15, 0.2) is 29.2 Å².